The number of carboxylic acid groups (broad SMARTS) is 1. The van der Waals surface area contributed by atoms with Crippen molar-refractivity contribution >= 4 is 18.0 Å². The largest absolute Gasteiger partial charge is 0.481 e. The third-order valence-electron chi connectivity index (χ3n) is 7.28. The van der Waals surface area contributed by atoms with Crippen molar-refractivity contribution in [2.45, 2.75) is 18.8 Å². The zero-order valence-electron chi connectivity index (χ0n) is 18.9. The maximum Gasteiger partial charge on any atom is 0.407 e. The molecule has 1 heterocycles. The lowest BCUT2D eigenvalue weighted by molar-refractivity contribution is -0.143. The highest BCUT2D eigenvalue weighted by atomic mass is 16.5. The van der Waals surface area contributed by atoms with E-state index in [2.05, 4.69) is 29.6 Å². The topological polar surface area (TPSA) is 105 Å². The van der Waals surface area contributed by atoms with E-state index in [4.69, 9.17) is 9.47 Å². The highest BCUT2D eigenvalue weighted by Crippen LogP contribution is 2.56. The average molecular weight is 465 g/mol. The lowest BCUT2D eigenvalue weighted by atomic mass is 9.93. The molecule has 0 radical (unpaired) electrons. The van der Waals surface area contributed by atoms with E-state index in [-0.39, 0.29) is 50.2 Å². The summed E-state index contributed by atoms with van der Waals surface area (Å²) in [6.45, 7) is 1.22. The summed E-state index contributed by atoms with van der Waals surface area (Å²) >= 11 is 0. The number of carboxylic acids is 1. The van der Waals surface area contributed by atoms with Crippen molar-refractivity contribution in [1.29, 1.82) is 0 Å². The molecule has 1 unspecified atom stereocenters. The minimum absolute atomic E-state index is 0.00290. The van der Waals surface area contributed by atoms with Crippen LogP contribution in [0.15, 0.2) is 48.5 Å². The molecule has 8 heteroatoms. The number of nitrogens with zero attached hydrogens (tertiary/aromatic N) is 1. The monoisotopic (exact) mass is 464 g/mol. The predicted octanol–water partition coefficient (Wildman–Crippen LogP) is 2.86. The van der Waals surface area contributed by atoms with Crippen molar-refractivity contribution in [3.8, 4) is 11.1 Å². The molecule has 1 saturated carbocycles. The SMILES string of the molecule is O=C(NCCOCC(=O)N1CC(C(=O)O)C2(CC2)C1)OCC1c2ccccc2-c2ccccc21. The number of likely N-dealkylation sites (tertiary alicyclic amines) is 1. The number of fused-ring (bicyclic) bond motifs is 3. The quantitative estimate of drug-likeness (QED) is 0.582. The van der Waals surface area contributed by atoms with Gasteiger partial charge in [-0.15, -0.1) is 0 Å². The maximum atomic E-state index is 12.4. The van der Waals surface area contributed by atoms with E-state index in [1.165, 1.54) is 11.1 Å². The molecule has 0 bridgehead atoms. The minimum atomic E-state index is -0.832. The second-order valence-corrected chi connectivity index (χ2v) is 9.33. The van der Waals surface area contributed by atoms with Crippen molar-refractivity contribution < 1.29 is 29.0 Å². The normalized spacial score (nSPS) is 19.5. The zero-order chi connectivity index (χ0) is 23.7. The molecular formula is C26H28N2O6. The Kier molecular flexibility index (Phi) is 6.00. The molecule has 1 atom stereocenters. The Balaban J connectivity index is 1.03. The number of hydrogen-bond donors (Lipinski definition) is 2. The number of carbonyl (C=O) groups excluding carboxylic acids is 2. The van der Waals surface area contributed by atoms with E-state index in [0.717, 1.165) is 24.0 Å². The fraction of sp³-hybridized carbons (Fsp3) is 0.423. The molecule has 8 nitrogen and oxygen atoms in total. The van der Waals surface area contributed by atoms with Crippen molar-refractivity contribution in [3.05, 3.63) is 59.7 Å². The minimum Gasteiger partial charge on any atom is -0.481 e. The highest BCUT2D eigenvalue weighted by molar-refractivity contribution is 5.81. The Hall–Kier alpha value is -3.39. The van der Waals surface area contributed by atoms with E-state index in [9.17, 15) is 19.5 Å². The third-order valence-corrected chi connectivity index (χ3v) is 7.28. The van der Waals surface area contributed by atoms with Crippen LogP contribution < -0.4 is 5.32 Å². The van der Waals surface area contributed by atoms with Crippen LogP contribution in [0.1, 0.15) is 29.9 Å². The van der Waals surface area contributed by atoms with Crippen LogP contribution in [0.5, 0.6) is 0 Å². The Morgan fingerprint density at radius 1 is 1.03 bits per heavy atom. The molecule has 34 heavy (non-hydrogen) atoms. The number of amides is 2. The predicted molar refractivity (Wildman–Crippen MR) is 123 cm³/mol. The molecule has 1 saturated heterocycles. The summed E-state index contributed by atoms with van der Waals surface area (Å²) in [5.41, 5.74) is 4.42. The van der Waals surface area contributed by atoms with Gasteiger partial charge in [-0.25, -0.2) is 4.79 Å². The summed E-state index contributed by atoms with van der Waals surface area (Å²) in [7, 11) is 0. The summed E-state index contributed by atoms with van der Waals surface area (Å²) in [4.78, 5) is 37.6. The molecule has 2 aromatic carbocycles. The van der Waals surface area contributed by atoms with Gasteiger partial charge in [-0.1, -0.05) is 48.5 Å². The molecule has 0 aromatic heterocycles. The van der Waals surface area contributed by atoms with Gasteiger partial charge in [-0.2, -0.15) is 0 Å². The van der Waals surface area contributed by atoms with Crippen molar-refractivity contribution in [2.75, 3.05) is 39.5 Å². The number of aliphatic carboxylic acids is 1. The number of rotatable bonds is 8. The lowest BCUT2D eigenvalue weighted by Gasteiger charge is -2.16. The molecule has 2 fully saturated rings. The molecule has 3 aliphatic rings. The lowest BCUT2D eigenvalue weighted by Crippen LogP contribution is -2.34. The van der Waals surface area contributed by atoms with Gasteiger partial charge in [-0.3, -0.25) is 9.59 Å². The van der Waals surface area contributed by atoms with E-state index >= 15 is 0 Å². The number of hydrogen-bond acceptors (Lipinski definition) is 5. The van der Waals surface area contributed by atoms with E-state index in [1.807, 2.05) is 24.3 Å². The zero-order valence-corrected chi connectivity index (χ0v) is 18.9. The van der Waals surface area contributed by atoms with Gasteiger partial charge >= 0.3 is 12.1 Å². The van der Waals surface area contributed by atoms with Crippen LogP contribution in [0.2, 0.25) is 0 Å². The first-order chi connectivity index (χ1) is 16.5. The number of benzene rings is 2. The van der Waals surface area contributed by atoms with Crippen LogP contribution in [0.25, 0.3) is 11.1 Å². The van der Waals surface area contributed by atoms with Gasteiger partial charge in [0.1, 0.15) is 13.2 Å². The van der Waals surface area contributed by atoms with Crippen molar-refractivity contribution in [2.24, 2.45) is 11.3 Å². The molecule has 178 valence electrons. The molecule has 5 rings (SSSR count). The van der Waals surface area contributed by atoms with E-state index in [0.29, 0.717) is 6.54 Å². The number of nitrogens with one attached hydrogen (secondary N) is 1. The van der Waals surface area contributed by atoms with E-state index < -0.39 is 18.0 Å². The van der Waals surface area contributed by atoms with Crippen LogP contribution in [0.4, 0.5) is 4.79 Å². The molecule has 2 N–H and O–H groups in total. The van der Waals surface area contributed by atoms with Gasteiger partial charge in [0.15, 0.2) is 0 Å². The van der Waals surface area contributed by atoms with Gasteiger partial charge < -0.3 is 24.8 Å². The van der Waals surface area contributed by atoms with Crippen molar-refractivity contribution in [1.82, 2.24) is 10.2 Å². The van der Waals surface area contributed by atoms with Gasteiger partial charge in [0.05, 0.1) is 12.5 Å². The third kappa shape index (κ3) is 4.25. The second kappa shape index (κ2) is 9.10. The maximum absolute atomic E-state index is 12.4. The molecule has 1 aliphatic heterocycles. The highest BCUT2D eigenvalue weighted by Gasteiger charge is 2.58. The van der Waals surface area contributed by atoms with E-state index in [1.54, 1.807) is 4.90 Å². The fourth-order valence-corrected chi connectivity index (χ4v) is 5.29. The second-order valence-electron chi connectivity index (χ2n) is 9.33. The summed E-state index contributed by atoms with van der Waals surface area (Å²) in [6, 6.07) is 16.3. The van der Waals surface area contributed by atoms with Gasteiger partial charge in [-0.05, 0) is 35.1 Å². The molecule has 2 aromatic rings. The Bertz CT molecular complexity index is 1070. The van der Waals surface area contributed by atoms with Gasteiger partial charge in [0.25, 0.3) is 0 Å². The first kappa shape index (κ1) is 22.4. The van der Waals surface area contributed by atoms with Crippen LogP contribution in [-0.2, 0) is 19.1 Å². The first-order valence-electron chi connectivity index (χ1n) is 11.7. The summed E-state index contributed by atoms with van der Waals surface area (Å²) in [6.07, 6.45) is 1.19. The summed E-state index contributed by atoms with van der Waals surface area (Å²) in [5, 5.41) is 12.0. The molecule has 1 spiro atoms. The molecule has 2 amide bonds. The number of alkyl carbamates (subject to hydrolysis) is 1. The van der Waals surface area contributed by atoms with Crippen LogP contribution in [0, 0.1) is 11.3 Å². The smallest absolute Gasteiger partial charge is 0.407 e. The van der Waals surface area contributed by atoms with Crippen LogP contribution >= 0.6 is 0 Å². The standard InChI is InChI=1S/C26H28N2O6/c29-23(28-13-22(24(30)31)26(16-28)9-10-26)15-33-12-11-27-25(32)34-14-21-19-7-3-1-5-17(19)18-6-2-4-8-20(18)21/h1-8,21-22H,9-16H2,(H,27,32)(H,30,31). The average Bonchev–Trinajstić information content (AvgIpc) is 3.39. The molecule has 2 aliphatic carbocycles. The van der Waals surface area contributed by atoms with Gasteiger partial charge in [0.2, 0.25) is 5.91 Å². The Morgan fingerprint density at radius 3 is 2.26 bits per heavy atom. The van der Waals surface area contributed by atoms with Crippen LogP contribution in [-0.4, -0.2) is 67.4 Å². The Morgan fingerprint density at radius 2 is 1.68 bits per heavy atom. The molecular weight excluding hydrogens is 436 g/mol. The number of carbonyl (C=O) groups is 3. The van der Waals surface area contributed by atoms with Crippen LogP contribution in [0.3, 0.4) is 0 Å². The number of ether oxygens (including phenoxy) is 2. The fourth-order valence-electron chi connectivity index (χ4n) is 5.29. The first-order valence-corrected chi connectivity index (χ1v) is 11.7. The van der Waals surface area contributed by atoms with Gasteiger partial charge in [0, 0.05) is 31.0 Å². The summed E-state index contributed by atoms with van der Waals surface area (Å²) in [5.74, 6) is -1.53. The van der Waals surface area contributed by atoms with Crippen molar-refractivity contribution in [3.63, 3.8) is 0 Å². The Labute approximate surface area is 197 Å². The summed E-state index contributed by atoms with van der Waals surface area (Å²) < 4.78 is 10.9.